The highest BCUT2D eigenvalue weighted by Crippen LogP contribution is 2.63. The lowest BCUT2D eigenvalue weighted by atomic mass is 9.70. The molecule has 0 N–H and O–H groups in total. The number of hydrogen-bond donors (Lipinski definition) is 0. The SMILES string of the molecule is CN1c2ccccc2[Si]2(CCCC2)c2ccc(/C=C/c3ccc4c(c3)C3(c5ccccc5-c5ccccc53)c3cc(/C=C/c5ccc6c(c5)N(C)c5ccccc5[Si]65CCCC5)ccc3-4)cc21. The molecule has 0 unspecified atom stereocenters. The molecule has 0 aromatic heterocycles. The van der Waals surface area contributed by atoms with Crippen LogP contribution in [0.15, 0.2) is 170 Å². The zero-order chi connectivity index (χ0) is 44.5. The Morgan fingerprint density at radius 1 is 0.343 bits per heavy atom. The standard InChI is InChI=1S/C63H54N2Si2/c1-64-55-19-7-9-21-59(55)66(35-11-12-36-66)61-33-29-45(41-57(61)64)25-23-43-27-31-49-50-32-28-44(40-54(50)63(53(49)39-43)51-17-5-3-15-47(51)48-16-4-6-18-52(48)63)24-26-46-30-34-62-58(42-46)65(2)56-20-8-10-22-60(56)67(62)37-13-14-38-67/h3-10,15-34,39-42H,11-14,35-38H2,1-2H3/b25-23+,26-24+. The Hall–Kier alpha value is -6.73. The highest BCUT2D eigenvalue weighted by molar-refractivity contribution is 7.05. The maximum absolute atomic E-state index is 2.50. The molecule has 8 aromatic rings. The normalized spacial score (nSPS) is 18.0. The van der Waals surface area contributed by atoms with E-state index in [0.29, 0.717) is 0 Å². The molecule has 2 nitrogen and oxygen atoms in total. The third kappa shape index (κ3) is 5.43. The minimum atomic E-state index is -1.75. The van der Waals surface area contributed by atoms with Gasteiger partial charge in [0, 0.05) is 36.8 Å². The van der Waals surface area contributed by atoms with Crippen molar-refractivity contribution in [2.24, 2.45) is 0 Å². The van der Waals surface area contributed by atoms with Crippen LogP contribution in [0.4, 0.5) is 22.7 Å². The molecular formula is C63H54N2Si2. The summed E-state index contributed by atoms with van der Waals surface area (Å²) in [6.45, 7) is 0. The van der Waals surface area contributed by atoms with E-state index in [1.54, 1.807) is 20.7 Å². The minimum Gasteiger partial charge on any atom is -0.345 e. The average Bonchev–Trinajstić information content (AvgIpc) is 4.19. The molecule has 0 atom stereocenters. The van der Waals surface area contributed by atoms with Gasteiger partial charge in [-0.3, -0.25) is 0 Å². The molecule has 14 rings (SSSR count). The smallest absolute Gasteiger partial charge is 0.123 e. The lowest BCUT2D eigenvalue weighted by Crippen LogP contribution is -2.61. The van der Waals surface area contributed by atoms with Gasteiger partial charge in [0.1, 0.15) is 16.1 Å². The van der Waals surface area contributed by atoms with Crippen LogP contribution in [0.25, 0.3) is 46.6 Å². The summed E-state index contributed by atoms with van der Waals surface area (Å²) in [5.41, 5.74) is 21.1. The van der Waals surface area contributed by atoms with Crippen molar-refractivity contribution in [1.82, 2.24) is 0 Å². The molecule has 67 heavy (non-hydrogen) atoms. The lowest BCUT2D eigenvalue weighted by Gasteiger charge is -2.41. The molecule has 2 aliphatic carbocycles. The van der Waals surface area contributed by atoms with E-state index in [1.165, 1.54) is 139 Å². The van der Waals surface area contributed by atoms with E-state index in [0.717, 1.165) is 0 Å². The van der Waals surface area contributed by atoms with E-state index in [2.05, 4.69) is 218 Å². The van der Waals surface area contributed by atoms with Gasteiger partial charge >= 0.3 is 0 Å². The van der Waals surface area contributed by atoms with Crippen molar-refractivity contribution in [2.45, 2.75) is 55.3 Å². The van der Waals surface area contributed by atoms with Crippen molar-refractivity contribution in [2.75, 3.05) is 23.9 Å². The molecule has 324 valence electrons. The second-order valence-corrected chi connectivity index (χ2v) is 28.9. The highest BCUT2D eigenvalue weighted by atomic mass is 28.3. The maximum atomic E-state index is 2.50. The first-order valence-electron chi connectivity index (χ1n) is 24.8. The van der Waals surface area contributed by atoms with E-state index in [9.17, 15) is 0 Å². The van der Waals surface area contributed by atoms with Gasteiger partial charge in [-0.25, -0.2) is 0 Å². The molecule has 4 heteroatoms. The Morgan fingerprint density at radius 3 is 1.13 bits per heavy atom. The van der Waals surface area contributed by atoms with E-state index < -0.39 is 21.6 Å². The Kier molecular flexibility index (Phi) is 8.62. The van der Waals surface area contributed by atoms with Crippen LogP contribution in [0.5, 0.6) is 0 Å². The number of nitrogens with zero attached hydrogens (tertiary/aromatic N) is 2. The predicted molar refractivity (Wildman–Crippen MR) is 290 cm³/mol. The first-order valence-corrected chi connectivity index (χ1v) is 29.6. The zero-order valence-electron chi connectivity index (χ0n) is 38.5. The number of fused-ring (bicyclic) bond motifs is 18. The van der Waals surface area contributed by atoms with Gasteiger partial charge in [0.2, 0.25) is 0 Å². The van der Waals surface area contributed by atoms with Gasteiger partial charge in [-0.2, -0.15) is 0 Å². The summed E-state index contributed by atoms with van der Waals surface area (Å²) in [6, 6.07) is 71.6. The molecule has 0 amide bonds. The van der Waals surface area contributed by atoms with Gasteiger partial charge in [-0.05, 0) is 148 Å². The first-order chi connectivity index (χ1) is 33.0. The molecule has 3 spiro atoms. The van der Waals surface area contributed by atoms with Crippen molar-refractivity contribution in [3.8, 4) is 22.3 Å². The molecule has 6 aliphatic rings. The number of para-hydroxylation sites is 2. The van der Waals surface area contributed by atoms with Crippen LogP contribution >= 0.6 is 0 Å². The summed E-state index contributed by atoms with van der Waals surface area (Å²) in [5, 5.41) is 6.55. The summed E-state index contributed by atoms with van der Waals surface area (Å²) < 4.78 is 0. The first kappa shape index (κ1) is 39.4. The van der Waals surface area contributed by atoms with Crippen LogP contribution in [-0.2, 0) is 5.41 Å². The van der Waals surface area contributed by atoms with Crippen LogP contribution in [0, 0.1) is 0 Å². The second-order valence-electron chi connectivity index (χ2n) is 20.4. The minimum absolute atomic E-state index is 0.421. The number of benzene rings is 8. The maximum Gasteiger partial charge on any atom is 0.123 e. The third-order valence-corrected chi connectivity index (χ3v) is 28.0. The second kappa shape index (κ2) is 14.6. The Morgan fingerprint density at radius 2 is 0.687 bits per heavy atom. The largest absolute Gasteiger partial charge is 0.345 e. The Bertz CT molecular complexity index is 3210. The molecule has 8 aromatic carbocycles. The molecular weight excluding hydrogens is 841 g/mol. The summed E-state index contributed by atoms with van der Waals surface area (Å²) >= 11 is 0. The molecule has 2 fully saturated rings. The van der Waals surface area contributed by atoms with Crippen molar-refractivity contribution < 1.29 is 0 Å². The fraction of sp³-hybridized carbons (Fsp3) is 0.175. The molecule has 0 radical (unpaired) electrons. The van der Waals surface area contributed by atoms with Crippen LogP contribution in [0.2, 0.25) is 24.2 Å². The fourth-order valence-corrected chi connectivity index (χ4v) is 25.6. The Balaban J connectivity index is 0.853. The van der Waals surface area contributed by atoms with E-state index >= 15 is 0 Å². The van der Waals surface area contributed by atoms with Crippen molar-refractivity contribution in [3.05, 3.63) is 214 Å². The monoisotopic (exact) mass is 894 g/mol. The summed E-state index contributed by atoms with van der Waals surface area (Å²) in [4.78, 5) is 4.93. The van der Waals surface area contributed by atoms with Gasteiger partial charge in [0.15, 0.2) is 0 Å². The van der Waals surface area contributed by atoms with E-state index in [1.807, 2.05) is 0 Å². The summed E-state index contributed by atoms with van der Waals surface area (Å²) in [5.74, 6) is 0. The fourth-order valence-electron chi connectivity index (χ4n) is 14.4. The van der Waals surface area contributed by atoms with Crippen molar-refractivity contribution >= 4 is 83.9 Å². The molecule has 0 saturated carbocycles. The zero-order valence-corrected chi connectivity index (χ0v) is 40.5. The number of rotatable bonds is 4. The predicted octanol–water partition coefficient (Wildman–Crippen LogP) is 13.2. The van der Waals surface area contributed by atoms with E-state index in [-0.39, 0.29) is 0 Å². The Labute approximate surface area is 397 Å². The summed E-state index contributed by atoms with van der Waals surface area (Å²) in [7, 11) is 1.04. The van der Waals surface area contributed by atoms with Crippen LogP contribution < -0.4 is 30.5 Å². The summed E-state index contributed by atoms with van der Waals surface area (Å²) in [6.07, 6.45) is 14.8. The molecule has 4 heterocycles. The lowest BCUT2D eigenvalue weighted by molar-refractivity contribution is 0.793. The average molecular weight is 895 g/mol. The topological polar surface area (TPSA) is 6.48 Å². The third-order valence-electron chi connectivity index (χ3n) is 17.3. The quantitative estimate of drug-likeness (QED) is 0.128. The van der Waals surface area contributed by atoms with Gasteiger partial charge in [-0.1, -0.05) is 183 Å². The van der Waals surface area contributed by atoms with Crippen LogP contribution in [0.1, 0.15) is 70.2 Å². The van der Waals surface area contributed by atoms with Crippen molar-refractivity contribution in [3.63, 3.8) is 0 Å². The van der Waals surface area contributed by atoms with E-state index in [4.69, 9.17) is 0 Å². The number of hydrogen-bond acceptors (Lipinski definition) is 2. The highest BCUT2D eigenvalue weighted by Gasteiger charge is 2.52. The van der Waals surface area contributed by atoms with Crippen LogP contribution in [-0.4, -0.2) is 30.2 Å². The van der Waals surface area contributed by atoms with Crippen molar-refractivity contribution in [1.29, 1.82) is 0 Å². The molecule has 4 aliphatic heterocycles. The van der Waals surface area contributed by atoms with Gasteiger partial charge in [0.05, 0.1) is 5.41 Å². The molecule has 2 saturated heterocycles. The van der Waals surface area contributed by atoms with Gasteiger partial charge in [-0.15, -0.1) is 0 Å². The van der Waals surface area contributed by atoms with Gasteiger partial charge < -0.3 is 9.80 Å². The van der Waals surface area contributed by atoms with Crippen LogP contribution in [0.3, 0.4) is 0 Å². The number of anilines is 4. The molecule has 0 bridgehead atoms. The van der Waals surface area contributed by atoms with Gasteiger partial charge in [0.25, 0.3) is 0 Å².